The van der Waals surface area contributed by atoms with Crippen molar-refractivity contribution in [2.24, 2.45) is 0 Å². The summed E-state index contributed by atoms with van der Waals surface area (Å²) >= 11 is 6.89. The van der Waals surface area contributed by atoms with Crippen LogP contribution in [-0.4, -0.2) is 43.0 Å². The van der Waals surface area contributed by atoms with Gasteiger partial charge in [-0.3, -0.25) is 0 Å². The summed E-state index contributed by atoms with van der Waals surface area (Å²) in [5, 5.41) is 0. The summed E-state index contributed by atoms with van der Waals surface area (Å²) in [5.74, 6) is 0. The van der Waals surface area contributed by atoms with Crippen LogP contribution in [0.25, 0.3) is 0 Å². The van der Waals surface area contributed by atoms with E-state index in [1.165, 1.54) is 0 Å². The van der Waals surface area contributed by atoms with Gasteiger partial charge in [-0.2, -0.15) is 0 Å². The Kier molecular flexibility index (Phi) is 7.52. The van der Waals surface area contributed by atoms with E-state index in [1.807, 2.05) is 6.08 Å². The molecule has 0 spiro atoms. The summed E-state index contributed by atoms with van der Waals surface area (Å²) in [7, 11) is -1.99. The lowest BCUT2D eigenvalue weighted by molar-refractivity contribution is 0.370. The highest BCUT2D eigenvalue weighted by Crippen LogP contribution is 2.25. The molecule has 0 atom stereocenters. The lowest BCUT2D eigenvalue weighted by Crippen LogP contribution is -2.61. The quantitative estimate of drug-likeness (QED) is 0.370. The molecule has 90 valence electrons. The average Bonchev–Trinajstić information content (AvgIpc) is 2.21. The first-order chi connectivity index (χ1) is 7.10. The number of rotatable bonds is 8. The van der Waals surface area contributed by atoms with Gasteiger partial charge in [0.15, 0.2) is 0 Å². The summed E-state index contributed by atoms with van der Waals surface area (Å²) in [5.41, 5.74) is 0. The van der Waals surface area contributed by atoms with Crippen LogP contribution in [0.1, 0.15) is 27.7 Å². The smallest absolute Gasteiger partial charge is 0.300 e. The van der Waals surface area contributed by atoms with Crippen LogP contribution in [0, 0.1) is 0 Å². The summed E-state index contributed by atoms with van der Waals surface area (Å²) in [6, 6.07) is 0.928. The fraction of sp³-hybridized carbons (Fsp3) is 0.818. The normalized spacial score (nSPS) is 12.5. The summed E-state index contributed by atoms with van der Waals surface area (Å²) in [4.78, 5) is 0. The van der Waals surface area contributed by atoms with Crippen molar-refractivity contribution in [2.45, 2.75) is 33.7 Å². The van der Waals surface area contributed by atoms with Crippen molar-refractivity contribution in [3.63, 3.8) is 0 Å². The number of allylic oxidation sites excluding steroid dienone is 1. The van der Waals surface area contributed by atoms with E-state index in [0.717, 1.165) is 32.2 Å². The van der Waals surface area contributed by atoms with Crippen LogP contribution >= 0.6 is 11.1 Å². The monoisotopic (exact) mass is 248 g/mol. The second-order valence-corrected chi connectivity index (χ2v) is 8.48. The second kappa shape index (κ2) is 7.44. The lowest BCUT2D eigenvalue weighted by Gasteiger charge is -2.42. The average molecular weight is 249 g/mol. The zero-order valence-corrected chi connectivity index (χ0v) is 12.3. The molecule has 15 heavy (non-hydrogen) atoms. The van der Waals surface area contributed by atoms with Crippen LogP contribution in [0.4, 0.5) is 0 Å². The Hall–Kier alpha value is 0.167. The predicted molar refractivity (Wildman–Crippen MR) is 72.5 cm³/mol. The molecule has 0 radical (unpaired) electrons. The van der Waals surface area contributed by atoms with E-state index in [-0.39, 0.29) is 0 Å². The molecule has 0 fully saturated rings. The van der Waals surface area contributed by atoms with Gasteiger partial charge in [-0.1, -0.05) is 33.8 Å². The Morgan fingerprint density at radius 3 is 1.53 bits per heavy atom. The molecule has 0 bridgehead atoms. The minimum atomic E-state index is -1.99. The molecule has 0 aromatic carbocycles. The third kappa shape index (κ3) is 3.59. The van der Waals surface area contributed by atoms with Gasteiger partial charge in [0.2, 0.25) is 0 Å². The maximum atomic E-state index is 6.89. The van der Waals surface area contributed by atoms with Crippen molar-refractivity contribution in [3.8, 4) is 0 Å². The van der Waals surface area contributed by atoms with Crippen molar-refractivity contribution in [1.29, 1.82) is 0 Å². The van der Waals surface area contributed by atoms with Crippen molar-refractivity contribution < 1.29 is 0 Å². The Balaban J connectivity index is 4.90. The van der Waals surface area contributed by atoms with Gasteiger partial charge in [0.05, 0.1) is 0 Å². The summed E-state index contributed by atoms with van der Waals surface area (Å²) in [6.45, 7) is 16.7. The van der Waals surface area contributed by atoms with E-state index in [0.29, 0.717) is 0 Å². The van der Waals surface area contributed by atoms with Crippen molar-refractivity contribution >= 4 is 18.8 Å². The molecule has 0 amide bonds. The van der Waals surface area contributed by atoms with Crippen LogP contribution in [0.2, 0.25) is 6.04 Å². The molecule has 0 saturated heterocycles. The van der Waals surface area contributed by atoms with Gasteiger partial charge in [-0.05, 0) is 26.2 Å². The molecule has 0 aromatic rings. The zero-order valence-electron chi connectivity index (χ0n) is 10.6. The molecule has 0 aliphatic rings. The highest BCUT2D eigenvalue weighted by molar-refractivity contribution is 7.17. The molecule has 0 rings (SSSR count). The van der Waals surface area contributed by atoms with E-state index in [1.54, 1.807) is 0 Å². The van der Waals surface area contributed by atoms with E-state index in [4.69, 9.17) is 11.1 Å². The van der Waals surface area contributed by atoms with E-state index in [2.05, 4.69) is 43.4 Å². The number of hydrogen-bond acceptors (Lipinski definition) is 2. The first-order valence-corrected chi connectivity index (χ1v) is 9.01. The molecule has 0 aliphatic carbocycles. The van der Waals surface area contributed by atoms with Crippen molar-refractivity contribution in [2.75, 3.05) is 26.2 Å². The van der Waals surface area contributed by atoms with Gasteiger partial charge in [-0.25, -0.2) is 0 Å². The fourth-order valence-electron chi connectivity index (χ4n) is 2.06. The molecule has 4 heteroatoms. The maximum Gasteiger partial charge on any atom is 0.311 e. The van der Waals surface area contributed by atoms with E-state index in [9.17, 15) is 0 Å². The van der Waals surface area contributed by atoms with Gasteiger partial charge in [0, 0.05) is 6.04 Å². The Morgan fingerprint density at radius 1 is 1.00 bits per heavy atom. The van der Waals surface area contributed by atoms with Crippen molar-refractivity contribution in [3.05, 3.63) is 12.7 Å². The third-order valence-electron chi connectivity index (χ3n) is 2.90. The van der Waals surface area contributed by atoms with E-state index >= 15 is 0 Å². The Bertz CT molecular complexity index is 167. The van der Waals surface area contributed by atoms with Crippen LogP contribution in [-0.2, 0) is 0 Å². The topological polar surface area (TPSA) is 6.48 Å². The first-order valence-electron chi connectivity index (χ1n) is 5.90. The van der Waals surface area contributed by atoms with Gasteiger partial charge in [0.25, 0.3) is 0 Å². The first kappa shape index (κ1) is 15.2. The fourth-order valence-corrected chi connectivity index (χ4v) is 7.04. The van der Waals surface area contributed by atoms with Gasteiger partial charge >= 0.3 is 7.71 Å². The van der Waals surface area contributed by atoms with Crippen LogP contribution < -0.4 is 0 Å². The highest BCUT2D eigenvalue weighted by Gasteiger charge is 2.40. The summed E-state index contributed by atoms with van der Waals surface area (Å²) < 4.78 is 4.84. The molecule has 0 saturated carbocycles. The molecular formula is C11H25ClN2Si. The minimum Gasteiger partial charge on any atom is -0.300 e. The molecular weight excluding hydrogens is 224 g/mol. The third-order valence-corrected chi connectivity index (χ3v) is 8.81. The highest BCUT2D eigenvalue weighted by atomic mass is 35.6. The predicted octanol–water partition coefficient (Wildman–Crippen LogP) is 3.03. The van der Waals surface area contributed by atoms with E-state index < -0.39 is 7.71 Å². The SMILES string of the molecule is C=CC[Si](Cl)(N(CC)CC)N(CC)CC. The summed E-state index contributed by atoms with van der Waals surface area (Å²) in [6.07, 6.45) is 1.97. The lowest BCUT2D eigenvalue weighted by atomic mass is 10.7. The molecule has 0 heterocycles. The van der Waals surface area contributed by atoms with Gasteiger partial charge < -0.3 is 9.13 Å². The molecule has 0 aliphatic heterocycles. The van der Waals surface area contributed by atoms with Crippen molar-refractivity contribution in [1.82, 2.24) is 9.13 Å². The van der Waals surface area contributed by atoms with Gasteiger partial charge in [-0.15, -0.1) is 17.7 Å². The minimum absolute atomic E-state index is 0.928. The Labute approximate surface area is 101 Å². The van der Waals surface area contributed by atoms with Crippen LogP contribution in [0.15, 0.2) is 12.7 Å². The standard InChI is InChI=1S/C11H25ClN2Si/c1-6-11-15(12,13(7-2)8-3)14(9-4)10-5/h6H,1,7-11H2,2-5H3. The molecule has 2 nitrogen and oxygen atoms in total. The Morgan fingerprint density at radius 2 is 1.33 bits per heavy atom. The molecule has 0 unspecified atom stereocenters. The van der Waals surface area contributed by atoms with Crippen LogP contribution in [0.3, 0.4) is 0 Å². The van der Waals surface area contributed by atoms with Crippen LogP contribution in [0.5, 0.6) is 0 Å². The number of nitrogens with zero attached hydrogens (tertiary/aromatic N) is 2. The van der Waals surface area contributed by atoms with Gasteiger partial charge in [0.1, 0.15) is 0 Å². The number of hydrogen-bond donors (Lipinski definition) is 0. The zero-order chi connectivity index (χ0) is 11.9. The number of halogens is 1. The molecule has 0 aromatic heterocycles. The maximum absolute atomic E-state index is 6.89. The second-order valence-electron chi connectivity index (χ2n) is 3.56. The molecule has 0 N–H and O–H groups in total. The largest absolute Gasteiger partial charge is 0.311 e.